The van der Waals surface area contributed by atoms with Crippen LogP contribution in [0, 0.1) is 10.1 Å². The van der Waals surface area contributed by atoms with Crippen molar-refractivity contribution in [2.24, 2.45) is 0 Å². The second kappa shape index (κ2) is 3.39. The predicted molar refractivity (Wildman–Crippen MR) is 59.8 cm³/mol. The zero-order valence-corrected chi connectivity index (χ0v) is 9.45. The summed E-state index contributed by atoms with van der Waals surface area (Å²) in [7, 11) is 1.23. The van der Waals surface area contributed by atoms with E-state index in [4.69, 9.17) is 9.47 Å². The Hall–Kier alpha value is -2.21. The largest absolute Gasteiger partial charge is 0.466 e. The Morgan fingerprint density at radius 1 is 1.56 bits per heavy atom. The Balaban J connectivity index is 2.28. The molecule has 1 aromatic carbocycles. The molecule has 0 aliphatic carbocycles. The quantitative estimate of drug-likeness (QED) is 0.343. The van der Waals surface area contributed by atoms with E-state index in [1.165, 1.54) is 19.3 Å². The zero-order chi connectivity index (χ0) is 12.9. The van der Waals surface area contributed by atoms with Crippen molar-refractivity contribution >= 4 is 11.7 Å². The van der Waals surface area contributed by atoms with Crippen LogP contribution >= 0.6 is 0 Å². The summed E-state index contributed by atoms with van der Waals surface area (Å²) >= 11 is 0. The summed E-state index contributed by atoms with van der Waals surface area (Å²) in [4.78, 5) is 22.5. The van der Waals surface area contributed by atoms with Crippen LogP contribution in [0.5, 0.6) is 0 Å². The van der Waals surface area contributed by atoms with Crippen LogP contribution in [0.25, 0.3) is 0 Å². The normalized spacial score (nSPS) is 27.1. The van der Waals surface area contributed by atoms with Crippen molar-refractivity contribution in [3.8, 4) is 0 Å². The number of nitro benzene ring substituents is 1. The first kappa shape index (κ1) is 10.9. The van der Waals surface area contributed by atoms with Crippen LogP contribution in [0.4, 0.5) is 5.69 Å². The standard InChI is InChI=1S/C12H9NO5/c1-17-11(14)12-6-5-9(18-12)7-3-2-4-8(10(7)12)13(15)16/h2-6,9H,1H3. The van der Waals surface area contributed by atoms with Gasteiger partial charge >= 0.3 is 5.97 Å². The van der Waals surface area contributed by atoms with E-state index in [-0.39, 0.29) is 11.3 Å². The van der Waals surface area contributed by atoms with Crippen molar-refractivity contribution in [3.05, 3.63) is 51.6 Å². The number of rotatable bonds is 2. The molecule has 0 N–H and O–H groups in total. The molecule has 6 heteroatoms. The minimum Gasteiger partial charge on any atom is -0.466 e. The molecule has 92 valence electrons. The molecule has 0 aromatic heterocycles. The Kier molecular flexibility index (Phi) is 2.06. The van der Waals surface area contributed by atoms with Crippen LogP contribution < -0.4 is 0 Å². The molecular formula is C12H9NO5. The molecule has 3 rings (SSSR count). The first-order valence-electron chi connectivity index (χ1n) is 5.33. The second-order valence-corrected chi connectivity index (χ2v) is 4.12. The number of hydrogen-bond donors (Lipinski definition) is 0. The first-order chi connectivity index (χ1) is 8.60. The highest BCUT2D eigenvalue weighted by atomic mass is 16.6. The maximum absolute atomic E-state index is 11.9. The van der Waals surface area contributed by atoms with E-state index in [0.29, 0.717) is 5.56 Å². The van der Waals surface area contributed by atoms with Crippen LogP contribution in [-0.4, -0.2) is 18.0 Å². The average molecular weight is 247 g/mol. The van der Waals surface area contributed by atoms with E-state index in [1.807, 2.05) is 0 Å². The summed E-state index contributed by atoms with van der Waals surface area (Å²) in [6.07, 6.45) is 2.82. The fourth-order valence-electron chi connectivity index (χ4n) is 2.53. The number of fused-ring (bicyclic) bond motifs is 5. The van der Waals surface area contributed by atoms with Crippen LogP contribution in [-0.2, 0) is 19.9 Å². The van der Waals surface area contributed by atoms with Gasteiger partial charge in [-0.25, -0.2) is 4.79 Å². The molecule has 2 bridgehead atoms. The minimum atomic E-state index is -1.46. The molecule has 2 aliphatic rings. The molecule has 0 saturated carbocycles. The van der Waals surface area contributed by atoms with Crippen LogP contribution in [0.1, 0.15) is 17.2 Å². The maximum atomic E-state index is 11.9. The molecule has 2 unspecified atom stereocenters. The van der Waals surface area contributed by atoms with Gasteiger partial charge in [0, 0.05) is 6.07 Å². The summed E-state index contributed by atoms with van der Waals surface area (Å²) in [5.41, 5.74) is -0.644. The van der Waals surface area contributed by atoms with E-state index in [9.17, 15) is 14.9 Å². The molecule has 0 saturated heterocycles. The highest BCUT2D eigenvalue weighted by Crippen LogP contribution is 2.53. The van der Waals surface area contributed by atoms with Crippen molar-refractivity contribution in [3.63, 3.8) is 0 Å². The van der Waals surface area contributed by atoms with Gasteiger partial charge in [0.05, 0.1) is 17.6 Å². The molecular weight excluding hydrogens is 238 g/mol. The Morgan fingerprint density at radius 2 is 2.33 bits per heavy atom. The lowest BCUT2D eigenvalue weighted by Crippen LogP contribution is -2.33. The summed E-state index contributed by atoms with van der Waals surface area (Å²) in [6.45, 7) is 0. The second-order valence-electron chi connectivity index (χ2n) is 4.12. The van der Waals surface area contributed by atoms with Crippen LogP contribution in [0.3, 0.4) is 0 Å². The monoisotopic (exact) mass is 247 g/mol. The number of nitrogens with zero attached hydrogens (tertiary/aromatic N) is 1. The number of esters is 1. The van der Waals surface area contributed by atoms with Gasteiger partial charge in [0.25, 0.3) is 5.69 Å². The summed E-state index contributed by atoms with van der Waals surface area (Å²) < 4.78 is 10.3. The van der Waals surface area contributed by atoms with Crippen molar-refractivity contribution in [1.82, 2.24) is 0 Å². The van der Waals surface area contributed by atoms with Gasteiger partial charge in [-0.3, -0.25) is 10.1 Å². The van der Waals surface area contributed by atoms with Gasteiger partial charge in [-0.15, -0.1) is 0 Å². The van der Waals surface area contributed by atoms with Gasteiger partial charge in [-0.2, -0.15) is 0 Å². The fourth-order valence-corrected chi connectivity index (χ4v) is 2.53. The van der Waals surface area contributed by atoms with Gasteiger partial charge in [-0.1, -0.05) is 18.2 Å². The highest BCUT2D eigenvalue weighted by molar-refractivity contribution is 5.88. The van der Waals surface area contributed by atoms with Crippen molar-refractivity contribution in [2.75, 3.05) is 7.11 Å². The maximum Gasteiger partial charge on any atom is 0.347 e. The van der Waals surface area contributed by atoms with E-state index in [0.717, 1.165) is 0 Å². The first-order valence-corrected chi connectivity index (χ1v) is 5.33. The number of nitro groups is 1. The van der Waals surface area contributed by atoms with Gasteiger partial charge in [0.2, 0.25) is 5.60 Å². The summed E-state index contributed by atoms with van der Waals surface area (Å²) in [5.74, 6) is -0.644. The number of benzene rings is 1. The minimum absolute atomic E-state index is 0.121. The molecule has 2 aliphatic heterocycles. The molecule has 0 spiro atoms. The smallest absolute Gasteiger partial charge is 0.347 e. The highest BCUT2D eigenvalue weighted by Gasteiger charge is 2.56. The fraction of sp³-hybridized carbons (Fsp3) is 0.250. The number of hydrogen-bond acceptors (Lipinski definition) is 5. The van der Waals surface area contributed by atoms with Crippen molar-refractivity contribution < 1.29 is 19.2 Å². The molecule has 2 heterocycles. The van der Waals surface area contributed by atoms with E-state index in [1.54, 1.807) is 18.2 Å². The van der Waals surface area contributed by atoms with Crippen molar-refractivity contribution in [1.29, 1.82) is 0 Å². The van der Waals surface area contributed by atoms with E-state index in [2.05, 4.69) is 0 Å². The predicted octanol–water partition coefficient (Wildman–Crippen LogP) is 1.60. The zero-order valence-electron chi connectivity index (χ0n) is 9.45. The number of ether oxygens (including phenoxy) is 2. The molecule has 6 nitrogen and oxygen atoms in total. The Morgan fingerprint density at radius 3 is 3.00 bits per heavy atom. The summed E-state index contributed by atoms with van der Waals surface area (Å²) in [6, 6.07) is 4.67. The van der Waals surface area contributed by atoms with E-state index >= 15 is 0 Å². The van der Waals surface area contributed by atoms with Crippen molar-refractivity contribution in [2.45, 2.75) is 11.7 Å². The molecule has 0 radical (unpaired) electrons. The lowest BCUT2D eigenvalue weighted by atomic mass is 9.86. The SMILES string of the molecule is COC(=O)C12C=CC(O1)c1cccc([N+](=O)[O-])c12. The Bertz CT molecular complexity index is 594. The lowest BCUT2D eigenvalue weighted by Gasteiger charge is -2.20. The van der Waals surface area contributed by atoms with Gasteiger partial charge in [0.15, 0.2) is 0 Å². The van der Waals surface area contributed by atoms with Crippen LogP contribution in [0.2, 0.25) is 0 Å². The third-order valence-electron chi connectivity index (χ3n) is 3.26. The molecule has 0 amide bonds. The van der Waals surface area contributed by atoms with Gasteiger partial charge < -0.3 is 9.47 Å². The van der Waals surface area contributed by atoms with Gasteiger partial charge in [-0.05, 0) is 11.6 Å². The van der Waals surface area contributed by atoms with Gasteiger partial charge in [0.1, 0.15) is 6.10 Å². The summed E-state index contributed by atoms with van der Waals surface area (Å²) in [5, 5.41) is 11.1. The number of methoxy groups -OCH3 is 1. The molecule has 1 aromatic rings. The third kappa shape index (κ3) is 1.12. The molecule has 18 heavy (non-hydrogen) atoms. The average Bonchev–Trinajstić information content (AvgIpc) is 2.95. The molecule has 2 atom stereocenters. The van der Waals surface area contributed by atoms with Crippen LogP contribution in [0.15, 0.2) is 30.4 Å². The lowest BCUT2D eigenvalue weighted by molar-refractivity contribution is -0.386. The topological polar surface area (TPSA) is 78.7 Å². The Labute approximate surface area is 102 Å². The number of carbonyl (C=O) groups is 1. The van der Waals surface area contributed by atoms with E-state index < -0.39 is 22.6 Å². The molecule has 0 fully saturated rings. The number of carbonyl (C=O) groups excluding carboxylic acids is 1. The third-order valence-corrected chi connectivity index (χ3v) is 3.26.